The van der Waals surface area contributed by atoms with Gasteiger partial charge in [0.15, 0.2) is 0 Å². The van der Waals surface area contributed by atoms with Crippen LogP contribution >= 0.6 is 0 Å². The van der Waals surface area contributed by atoms with E-state index in [0.717, 1.165) is 5.57 Å². The summed E-state index contributed by atoms with van der Waals surface area (Å²) in [5, 5.41) is 0. The Labute approximate surface area is 66.2 Å². The van der Waals surface area contributed by atoms with Crippen LogP contribution in [0.5, 0.6) is 0 Å². The Morgan fingerprint density at radius 3 is 3.09 bits per heavy atom. The number of methoxy groups -OCH3 is 1. The van der Waals surface area contributed by atoms with E-state index in [1.807, 2.05) is 0 Å². The third kappa shape index (κ3) is 0.889. The van der Waals surface area contributed by atoms with Crippen LogP contribution in [0.25, 0.3) is 0 Å². The lowest BCUT2D eigenvalue weighted by Gasteiger charge is -2.28. The molecule has 60 valence electrons. The summed E-state index contributed by atoms with van der Waals surface area (Å²) in [5.41, 5.74) is 0.926. The fourth-order valence-electron chi connectivity index (χ4n) is 2.15. The number of esters is 1. The van der Waals surface area contributed by atoms with Crippen LogP contribution < -0.4 is 0 Å². The van der Waals surface area contributed by atoms with Crippen molar-refractivity contribution in [2.75, 3.05) is 7.11 Å². The molecule has 2 nitrogen and oxygen atoms in total. The standard InChI is InChI=1S/C9H12O2/c1-11-9(10)8-5-6-3-2-4-7(6)8/h5-7H,2-4H2,1H3. The number of fused-ring (bicyclic) bond motifs is 1. The molecule has 2 aliphatic rings. The van der Waals surface area contributed by atoms with Gasteiger partial charge in [-0.05, 0) is 24.7 Å². The summed E-state index contributed by atoms with van der Waals surface area (Å²) in [7, 11) is 1.45. The zero-order valence-electron chi connectivity index (χ0n) is 6.67. The molecular weight excluding hydrogens is 140 g/mol. The Kier molecular flexibility index (Phi) is 1.48. The minimum absolute atomic E-state index is 0.117. The van der Waals surface area contributed by atoms with Crippen LogP contribution in [0.4, 0.5) is 0 Å². The van der Waals surface area contributed by atoms with Gasteiger partial charge in [-0.25, -0.2) is 4.79 Å². The zero-order chi connectivity index (χ0) is 7.84. The molecule has 0 N–H and O–H groups in total. The molecule has 11 heavy (non-hydrogen) atoms. The van der Waals surface area contributed by atoms with E-state index >= 15 is 0 Å². The number of rotatable bonds is 1. The highest BCUT2D eigenvalue weighted by atomic mass is 16.5. The van der Waals surface area contributed by atoms with Crippen LogP contribution in [-0.4, -0.2) is 13.1 Å². The molecule has 0 amide bonds. The quantitative estimate of drug-likeness (QED) is 0.532. The first-order valence-corrected chi connectivity index (χ1v) is 4.13. The average molecular weight is 152 g/mol. The molecule has 0 spiro atoms. The molecule has 2 heteroatoms. The van der Waals surface area contributed by atoms with Crippen LogP contribution in [-0.2, 0) is 9.53 Å². The van der Waals surface area contributed by atoms with Gasteiger partial charge in [0.05, 0.1) is 7.11 Å². The molecule has 2 atom stereocenters. The largest absolute Gasteiger partial charge is 0.466 e. The summed E-state index contributed by atoms with van der Waals surface area (Å²) in [6.07, 6.45) is 5.80. The Morgan fingerprint density at radius 2 is 2.45 bits per heavy atom. The monoisotopic (exact) mass is 152 g/mol. The highest BCUT2D eigenvalue weighted by molar-refractivity contribution is 5.90. The van der Waals surface area contributed by atoms with Crippen molar-refractivity contribution in [3.8, 4) is 0 Å². The Hall–Kier alpha value is -0.790. The van der Waals surface area contributed by atoms with Gasteiger partial charge in [-0.2, -0.15) is 0 Å². The minimum Gasteiger partial charge on any atom is -0.466 e. The first-order valence-electron chi connectivity index (χ1n) is 4.13. The topological polar surface area (TPSA) is 26.3 Å². The summed E-state index contributed by atoms with van der Waals surface area (Å²) in [6.45, 7) is 0. The maximum atomic E-state index is 11.0. The zero-order valence-corrected chi connectivity index (χ0v) is 6.67. The third-order valence-corrected chi connectivity index (χ3v) is 2.78. The summed E-state index contributed by atoms with van der Waals surface area (Å²) >= 11 is 0. The Morgan fingerprint density at radius 1 is 1.64 bits per heavy atom. The average Bonchev–Trinajstić information content (AvgIpc) is 2.32. The van der Waals surface area contributed by atoms with Crippen molar-refractivity contribution in [3.63, 3.8) is 0 Å². The molecule has 0 aromatic rings. The first kappa shape index (κ1) is 6.89. The second-order valence-electron chi connectivity index (χ2n) is 3.31. The molecule has 0 aromatic carbocycles. The van der Waals surface area contributed by atoms with Crippen molar-refractivity contribution in [2.45, 2.75) is 19.3 Å². The van der Waals surface area contributed by atoms with Crippen molar-refractivity contribution in [1.29, 1.82) is 0 Å². The van der Waals surface area contributed by atoms with E-state index in [1.54, 1.807) is 0 Å². The first-order chi connectivity index (χ1) is 5.33. The minimum atomic E-state index is -0.117. The van der Waals surface area contributed by atoms with Gasteiger partial charge in [-0.1, -0.05) is 12.5 Å². The van der Waals surface area contributed by atoms with Crippen LogP contribution in [0.3, 0.4) is 0 Å². The molecule has 0 bridgehead atoms. The van der Waals surface area contributed by atoms with Crippen LogP contribution in [0.1, 0.15) is 19.3 Å². The highest BCUT2D eigenvalue weighted by Gasteiger charge is 2.39. The van der Waals surface area contributed by atoms with E-state index in [4.69, 9.17) is 0 Å². The number of carbonyl (C=O) groups excluding carboxylic acids is 1. The molecule has 2 aliphatic carbocycles. The Bertz CT molecular complexity index is 218. The van der Waals surface area contributed by atoms with Crippen molar-refractivity contribution in [1.82, 2.24) is 0 Å². The smallest absolute Gasteiger partial charge is 0.333 e. The van der Waals surface area contributed by atoms with Crippen molar-refractivity contribution >= 4 is 5.97 Å². The second-order valence-corrected chi connectivity index (χ2v) is 3.31. The van der Waals surface area contributed by atoms with E-state index in [2.05, 4.69) is 10.8 Å². The van der Waals surface area contributed by atoms with E-state index in [9.17, 15) is 4.79 Å². The lowest BCUT2D eigenvalue weighted by molar-refractivity contribution is -0.137. The normalized spacial score (nSPS) is 33.7. The van der Waals surface area contributed by atoms with Gasteiger partial charge in [-0.15, -0.1) is 0 Å². The molecule has 0 aromatic heterocycles. The fourth-order valence-corrected chi connectivity index (χ4v) is 2.15. The third-order valence-electron chi connectivity index (χ3n) is 2.78. The molecule has 2 unspecified atom stereocenters. The molecule has 0 aliphatic heterocycles. The molecule has 1 saturated carbocycles. The van der Waals surface area contributed by atoms with E-state index in [0.29, 0.717) is 11.8 Å². The van der Waals surface area contributed by atoms with Crippen molar-refractivity contribution in [3.05, 3.63) is 11.6 Å². The predicted molar refractivity (Wildman–Crippen MR) is 40.9 cm³/mol. The van der Waals surface area contributed by atoms with Gasteiger partial charge < -0.3 is 4.74 Å². The van der Waals surface area contributed by atoms with Crippen molar-refractivity contribution < 1.29 is 9.53 Å². The summed E-state index contributed by atoms with van der Waals surface area (Å²) < 4.78 is 4.66. The number of hydrogen-bond donors (Lipinski definition) is 0. The second kappa shape index (κ2) is 2.36. The molecule has 0 heterocycles. The van der Waals surface area contributed by atoms with Crippen LogP contribution in [0.2, 0.25) is 0 Å². The van der Waals surface area contributed by atoms with Gasteiger partial charge in [0.1, 0.15) is 0 Å². The summed E-state index contributed by atoms with van der Waals surface area (Å²) in [5.74, 6) is 1.12. The summed E-state index contributed by atoms with van der Waals surface area (Å²) in [6, 6.07) is 0. The van der Waals surface area contributed by atoms with Crippen molar-refractivity contribution in [2.24, 2.45) is 11.8 Å². The van der Waals surface area contributed by atoms with Gasteiger partial charge in [0.25, 0.3) is 0 Å². The van der Waals surface area contributed by atoms with Gasteiger partial charge in [0, 0.05) is 5.57 Å². The van der Waals surface area contributed by atoms with Crippen LogP contribution in [0.15, 0.2) is 11.6 Å². The van der Waals surface area contributed by atoms with Crippen LogP contribution in [0, 0.1) is 11.8 Å². The number of allylic oxidation sites excluding steroid dienone is 1. The lowest BCUT2D eigenvalue weighted by atomic mass is 9.77. The molecule has 1 fully saturated rings. The van der Waals surface area contributed by atoms with Gasteiger partial charge in [-0.3, -0.25) is 0 Å². The molecule has 0 saturated heterocycles. The highest BCUT2D eigenvalue weighted by Crippen LogP contribution is 2.46. The lowest BCUT2D eigenvalue weighted by Crippen LogP contribution is -2.26. The molecular formula is C9H12O2. The molecule has 2 rings (SSSR count). The Balaban J connectivity index is 2.08. The van der Waals surface area contributed by atoms with Gasteiger partial charge >= 0.3 is 5.97 Å². The SMILES string of the molecule is COC(=O)C1=CC2CCCC12. The van der Waals surface area contributed by atoms with E-state index in [-0.39, 0.29) is 5.97 Å². The number of hydrogen-bond acceptors (Lipinski definition) is 2. The van der Waals surface area contributed by atoms with Gasteiger partial charge in [0.2, 0.25) is 0 Å². The summed E-state index contributed by atoms with van der Waals surface area (Å²) in [4.78, 5) is 11.0. The maximum absolute atomic E-state index is 11.0. The number of ether oxygens (including phenoxy) is 1. The fraction of sp³-hybridized carbons (Fsp3) is 0.667. The number of carbonyl (C=O) groups is 1. The van der Waals surface area contributed by atoms with E-state index < -0.39 is 0 Å². The maximum Gasteiger partial charge on any atom is 0.333 e. The molecule has 0 radical (unpaired) electrons. The predicted octanol–water partition coefficient (Wildman–Crippen LogP) is 1.52. The van der Waals surface area contributed by atoms with E-state index in [1.165, 1.54) is 26.4 Å².